The summed E-state index contributed by atoms with van der Waals surface area (Å²) in [6, 6.07) is 19.6. The minimum absolute atomic E-state index is 0.136. The van der Waals surface area contributed by atoms with Gasteiger partial charge < -0.3 is 14.8 Å². The van der Waals surface area contributed by atoms with Crippen LogP contribution >= 0.6 is 0 Å². The van der Waals surface area contributed by atoms with Gasteiger partial charge in [-0.15, -0.1) is 0 Å². The molecule has 1 N–H and O–H groups in total. The molecule has 0 atom stereocenters. The summed E-state index contributed by atoms with van der Waals surface area (Å²) in [7, 11) is 3.28. The number of fused-ring (bicyclic) bond motifs is 1. The Morgan fingerprint density at radius 1 is 0.923 bits per heavy atom. The van der Waals surface area contributed by atoms with Crippen LogP contribution in [-0.4, -0.2) is 20.1 Å². The van der Waals surface area contributed by atoms with Gasteiger partial charge in [-0.3, -0.25) is 4.79 Å². The number of hydrogen-bond acceptors (Lipinski definition) is 3. The van der Waals surface area contributed by atoms with E-state index in [9.17, 15) is 4.79 Å². The number of carbonyl (C=O) groups excluding carboxylic acids is 1. The Morgan fingerprint density at radius 2 is 1.65 bits per heavy atom. The third-order valence-electron chi connectivity index (χ3n) is 4.10. The highest BCUT2D eigenvalue weighted by Gasteiger charge is 2.01. The van der Waals surface area contributed by atoms with E-state index < -0.39 is 0 Å². The van der Waals surface area contributed by atoms with Gasteiger partial charge in [-0.05, 0) is 58.3 Å². The van der Waals surface area contributed by atoms with E-state index in [1.54, 1.807) is 20.3 Å². The molecule has 0 saturated carbocycles. The van der Waals surface area contributed by atoms with E-state index in [2.05, 4.69) is 11.4 Å². The fourth-order valence-electron chi connectivity index (χ4n) is 2.68. The number of amides is 1. The van der Waals surface area contributed by atoms with Crippen LogP contribution in [-0.2, 0) is 11.3 Å². The van der Waals surface area contributed by atoms with Crippen molar-refractivity contribution in [3.8, 4) is 11.5 Å². The second kappa shape index (κ2) is 8.21. The molecule has 0 fully saturated rings. The van der Waals surface area contributed by atoms with Crippen molar-refractivity contribution in [3.63, 3.8) is 0 Å². The zero-order valence-corrected chi connectivity index (χ0v) is 14.9. The summed E-state index contributed by atoms with van der Waals surface area (Å²) >= 11 is 0. The number of ether oxygens (including phenoxy) is 2. The third-order valence-corrected chi connectivity index (χ3v) is 4.10. The second-order valence-electron chi connectivity index (χ2n) is 5.88. The van der Waals surface area contributed by atoms with Gasteiger partial charge in [-0.1, -0.05) is 30.3 Å². The minimum atomic E-state index is -0.136. The van der Waals surface area contributed by atoms with Crippen LogP contribution in [0.4, 0.5) is 0 Å². The summed E-state index contributed by atoms with van der Waals surface area (Å²) in [6.45, 7) is 0.475. The van der Waals surface area contributed by atoms with Crippen LogP contribution < -0.4 is 14.8 Å². The smallest absolute Gasteiger partial charge is 0.244 e. The van der Waals surface area contributed by atoms with Gasteiger partial charge in [0.25, 0.3) is 0 Å². The number of hydrogen-bond donors (Lipinski definition) is 1. The Bertz CT molecular complexity index is 947. The monoisotopic (exact) mass is 347 g/mol. The summed E-state index contributed by atoms with van der Waals surface area (Å²) in [4.78, 5) is 12.0. The lowest BCUT2D eigenvalue weighted by Gasteiger charge is -2.06. The van der Waals surface area contributed by atoms with Crippen LogP contribution in [0.2, 0.25) is 0 Å². The summed E-state index contributed by atoms with van der Waals surface area (Å²) in [5, 5.41) is 5.13. The van der Waals surface area contributed by atoms with Crippen molar-refractivity contribution in [2.45, 2.75) is 6.54 Å². The quantitative estimate of drug-likeness (QED) is 0.680. The first-order valence-corrected chi connectivity index (χ1v) is 8.34. The summed E-state index contributed by atoms with van der Waals surface area (Å²) in [5.74, 6) is 1.46. The second-order valence-corrected chi connectivity index (χ2v) is 5.88. The van der Waals surface area contributed by atoms with Crippen molar-refractivity contribution in [3.05, 3.63) is 77.9 Å². The van der Waals surface area contributed by atoms with Gasteiger partial charge >= 0.3 is 0 Å². The van der Waals surface area contributed by atoms with Gasteiger partial charge in [0.05, 0.1) is 14.2 Å². The van der Waals surface area contributed by atoms with Crippen molar-refractivity contribution in [1.82, 2.24) is 5.32 Å². The fourth-order valence-corrected chi connectivity index (χ4v) is 2.68. The van der Waals surface area contributed by atoms with Gasteiger partial charge in [-0.25, -0.2) is 0 Å². The van der Waals surface area contributed by atoms with E-state index in [4.69, 9.17) is 9.47 Å². The molecule has 26 heavy (non-hydrogen) atoms. The molecule has 1 amide bonds. The summed E-state index contributed by atoms with van der Waals surface area (Å²) in [5.41, 5.74) is 1.96. The topological polar surface area (TPSA) is 47.6 Å². The first-order valence-electron chi connectivity index (χ1n) is 8.34. The van der Waals surface area contributed by atoms with E-state index >= 15 is 0 Å². The largest absolute Gasteiger partial charge is 0.497 e. The molecule has 0 aliphatic rings. The van der Waals surface area contributed by atoms with Crippen LogP contribution in [0, 0.1) is 0 Å². The van der Waals surface area contributed by atoms with E-state index in [0.29, 0.717) is 6.54 Å². The summed E-state index contributed by atoms with van der Waals surface area (Å²) in [6.07, 6.45) is 3.30. The van der Waals surface area contributed by atoms with Gasteiger partial charge in [0.1, 0.15) is 11.5 Å². The van der Waals surface area contributed by atoms with Crippen molar-refractivity contribution in [1.29, 1.82) is 0 Å². The maximum atomic E-state index is 12.0. The van der Waals surface area contributed by atoms with Crippen molar-refractivity contribution < 1.29 is 14.3 Å². The number of carbonyl (C=O) groups is 1. The molecule has 0 heterocycles. The normalized spacial score (nSPS) is 10.8. The van der Waals surface area contributed by atoms with Crippen LogP contribution in [0.3, 0.4) is 0 Å². The molecular weight excluding hydrogens is 326 g/mol. The molecule has 132 valence electrons. The molecule has 0 aliphatic heterocycles. The Hall–Kier alpha value is -3.27. The molecule has 0 aliphatic carbocycles. The highest BCUT2D eigenvalue weighted by molar-refractivity contribution is 5.92. The third kappa shape index (κ3) is 4.42. The number of nitrogens with one attached hydrogen (secondary N) is 1. The zero-order chi connectivity index (χ0) is 18.4. The molecule has 0 saturated heterocycles. The first kappa shape index (κ1) is 17.5. The number of methoxy groups -OCH3 is 2. The van der Waals surface area contributed by atoms with Crippen LogP contribution in [0.5, 0.6) is 11.5 Å². The predicted octanol–water partition coefficient (Wildman–Crippen LogP) is 4.19. The average Bonchev–Trinajstić information content (AvgIpc) is 2.70. The highest BCUT2D eigenvalue weighted by Crippen LogP contribution is 2.21. The highest BCUT2D eigenvalue weighted by atomic mass is 16.5. The standard InChI is InChI=1S/C22H21NO3/c1-25-20-5-3-4-16(13-20)7-11-22(24)23-15-17-6-8-19-14-21(26-2)10-9-18(19)12-17/h3-14H,15H2,1-2H3,(H,23,24)/b11-7+. The lowest BCUT2D eigenvalue weighted by molar-refractivity contribution is -0.116. The Balaban J connectivity index is 1.61. The van der Waals surface area contributed by atoms with Gasteiger partial charge in [0.15, 0.2) is 0 Å². The molecule has 3 aromatic carbocycles. The number of benzene rings is 3. The van der Waals surface area contributed by atoms with Crippen LogP contribution in [0.15, 0.2) is 66.7 Å². The molecule has 0 radical (unpaired) electrons. The van der Waals surface area contributed by atoms with Crippen molar-refractivity contribution in [2.75, 3.05) is 14.2 Å². The van der Waals surface area contributed by atoms with Gasteiger partial charge in [0.2, 0.25) is 5.91 Å². The van der Waals surface area contributed by atoms with Crippen molar-refractivity contribution >= 4 is 22.8 Å². The van der Waals surface area contributed by atoms with E-state index in [1.165, 1.54) is 6.08 Å². The molecule has 4 nitrogen and oxygen atoms in total. The molecule has 0 aromatic heterocycles. The van der Waals surface area contributed by atoms with Crippen molar-refractivity contribution in [2.24, 2.45) is 0 Å². The average molecular weight is 347 g/mol. The maximum absolute atomic E-state index is 12.0. The van der Waals surface area contributed by atoms with E-state index in [0.717, 1.165) is 33.4 Å². The molecule has 3 aromatic rings. The Kier molecular flexibility index (Phi) is 5.54. The van der Waals surface area contributed by atoms with Crippen LogP contribution in [0.1, 0.15) is 11.1 Å². The van der Waals surface area contributed by atoms with E-state index in [-0.39, 0.29) is 5.91 Å². The SMILES string of the molecule is COc1cccc(/C=C/C(=O)NCc2ccc3cc(OC)ccc3c2)c1. The molecule has 3 rings (SSSR count). The molecular formula is C22H21NO3. The lowest BCUT2D eigenvalue weighted by Crippen LogP contribution is -2.20. The fraction of sp³-hybridized carbons (Fsp3) is 0.136. The summed E-state index contributed by atoms with van der Waals surface area (Å²) < 4.78 is 10.4. The first-order chi connectivity index (χ1) is 12.7. The molecule has 0 bridgehead atoms. The lowest BCUT2D eigenvalue weighted by atomic mass is 10.1. The molecule has 0 unspecified atom stereocenters. The Morgan fingerprint density at radius 3 is 2.46 bits per heavy atom. The zero-order valence-electron chi connectivity index (χ0n) is 14.9. The number of rotatable bonds is 6. The molecule has 4 heteroatoms. The predicted molar refractivity (Wildman–Crippen MR) is 104 cm³/mol. The van der Waals surface area contributed by atoms with Crippen LogP contribution in [0.25, 0.3) is 16.8 Å². The van der Waals surface area contributed by atoms with Gasteiger partial charge in [-0.2, -0.15) is 0 Å². The van der Waals surface area contributed by atoms with E-state index in [1.807, 2.05) is 54.6 Å². The van der Waals surface area contributed by atoms with Gasteiger partial charge in [0, 0.05) is 12.6 Å². The minimum Gasteiger partial charge on any atom is -0.497 e. The maximum Gasteiger partial charge on any atom is 0.244 e. The Labute approximate surface area is 153 Å². The molecule has 0 spiro atoms.